The summed E-state index contributed by atoms with van der Waals surface area (Å²) in [5, 5.41) is 0.175. The van der Waals surface area contributed by atoms with Crippen molar-refractivity contribution in [3.63, 3.8) is 0 Å². The SMILES string of the molecule is CC(C)(C)[Si](C)(C)Oc1ccc(C#Cc2ccc(F)cc2)cc1. The van der Waals surface area contributed by atoms with Crippen LogP contribution in [-0.4, -0.2) is 8.32 Å². The van der Waals surface area contributed by atoms with Crippen LogP contribution in [0.3, 0.4) is 0 Å². The molecule has 0 unspecified atom stereocenters. The summed E-state index contributed by atoms with van der Waals surface area (Å²) in [7, 11) is -1.81. The molecule has 120 valence electrons. The molecular weight excluding hydrogens is 303 g/mol. The standard InChI is InChI=1S/C20H23FOSi/c1-20(2,3)23(4,5)22-19-14-10-17(11-15-19)7-6-16-8-12-18(21)13-9-16/h8-15H,1-5H3. The molecular formula is C20H23FOSi. The van der Waals surface area contributed by atoms with Crippen molar-refractivity contribution in [3.8, 4) is 17.6 Å². The maximum atomic E-state index is 12.9. The molecule has 2 aromatic carbocycles. The molecule has 0 aliphatic carbocycles. The third kappa shape index (κ3) is 4.71. The monoisotopic (exact) mass is 326 g/mol. The van der Waals surface area contributed by atoms with Gasteiger partial charge in [-0.15, -0.1) is 0 Å². The molecule has 2 rings (SSSR count). The second-order valence-electron chi connectivity index (χ2n) is 7.14. The van der Waals surface area contributed by atoms with Gasteiger partial charge in [0.2, 0.25) is 8.32 Å². The molecule has 0 fully saturated rings. The van der Waals surface area contributed by atoms with Crippen molar-refractivity contribution < 1.29 is 8.82 Å². The summed E-state index contributed by atoms with van der Waals surface area (Å²) in [5.41, 5.74) is 1.71. The number of hydrogen-bond acceptors (Lipinski definition) is 1. The summed E-state index contributed by atoms with van der Waals surface area (Å²) in [6.45, 7) is 11.1. The molecule has 0 amide bonds. The molecule has 0 aromatic heterocycles. The highest BCUT2D eigenvalue weighted by atomic mass is 28.4. The van der Waals surface area contributed by atoms with Gasteiger partial charge in [0, 0.05) is 11.1 Å². The molecule has 0 heterocycles. The minimum atomic E-state index is -1.81. The van der Waals surface area contributed by atoms with Crippen LogP contribution in [-0.2, 0) is 0 Å². The molecule has 3 heteroatoms. The minimum Gasteiger partial charge on any atom is -0.544 e. The first-order chi connectivity index (χ1) is 10.7. The van der Waals surface area contributed by atoms with Crippen molar-refractivity contribution >= 4 is 8.32 Å². The van der Waals surface area contributed by atoms with E-state index in [1.807, 2.05) is 24.3 Å². The first-order valence-corrected chi connectivity index (χ1v) is 10.6. The van der Waals surface area contributed by atoms with Crippen LogP contribution < -0.4 is 4.43 Å². The van der Waals surface area contributed by atoms with Crippen LogP contribution in [0.25, 0.3) is 0 Å². The van der Waals surface area contributed by atoms with Gasteiger partial charge < -0.3 is 4.43 Å². The van der Waals surface area contributed by atoms with Gasteiger partial charge in [-0.3, -0.25) is 0 Å². The largest absolute Gasteiger partial charge is 0.544 e. The van der Waals surface area contributed by atoms with Crippen molar-refractivity contribution in [1.29, 1.82) is 0 Å². The van der Waals surface area contributed by atoms with Crippen LogP contribution in [0.5, 0.6) is 5.75 Å². The summed E-state index contributed by atoms with van der Waals surface area (Å²) < 4.78 is 19.1. The second-order valence-corrected chi connectivity index (χ2v) is 11.9. The van der Waals surface area contributed by atoms with Crippen molar-refractivity contribution in [3.05, 3.63) is 65.5 Å². The van der Waals surface area contributed by atoms with E-state index in [0.29, 0.717) is 0 Å². The van der Waals surface area contributed by atoms with E-state index in [1.165, 1.54) is 12.1 Å². The van der Waals surface area contributed by atoms with Gasteiger partial charge in [0.25, 0.3) is 0 Å². The zero-order chi connectivity index (χ0) is 17.1. The van der Waals surface area contributed by atoms with E-state index in [-0.39, 0.29) is 10.9 Å². The summed E-state index contributed by atoms with van der Waals surface area (Å²) in [6, 6.07) is 14.0. The van der Waals surface area contributed by atoms with Gasteiger partial charge in [-0.2, -0.15) is 0 Å². The van der Waals surface area contributed by atoms with E-state index in [0.717, 1.165) is 16.9 Å². The molecule has 0 aliphatic heterocycles. The Bertz CT molecular complexity index is 713. The lowest BCUT2D eigenvalue weighted by molar-refractivity contribution is 0.492. The van der Waals surface area contributed by atoms with Gasteiger partial charge in [-0.05, 0) is 66.7 Å². The van der Waals surface area contributed by atoms with Crippen LogP contribution >= 0.6 is 0 Å². The third-order valence-electron chi connectivity index (χ3n) is 4.23. The lowest BCUT2D eigenvalue weighted by Gasteiger charge is -2.36. The van der Waals surface area contributed by atoms with Crippen LogP contribution in [0.15, 0.2) is 48.5 Å². The first-order valence-electron chi connectivity index (χ1n) is 7.74. The smallest absolute Gasteiger partial charge is 0.250 e. The van der Waals surface area contributed by atoms with E-state index < -0.39 is 8.32 Å². The van der Waals surface area contributed by atoms with Gasteiger partial charge in [-0.1, -0.05) is 32.6 Å². The van der Waals surface area contributed by atoms with Gasteiger partial charge in [0.15, 0.2) is 0 Å². The molecule has 0 N–H and O–H groups in total. The number of halogens is 1. The van der Waals surface area contributed by atoms with Crippen LogP contribution in [0.4, 0.5) is 4.39 Å². The van der Waals surface area contributed by atoms with E-state index in [9.17, 15) is 4.39 Å². The summed E-state index contributed by atoms with van der Waals surface area (Å²) in [4.78, 5) is 0. The quantitative estimate of drug-likeness (QED) is 0.515. The lowest BCUT2D eigenvalue weighted by atomic mass is 10.2. The highest BCUT2D eigenvalue weighted by molar-refractivity contribution is 6.74. The molecule has 0 radical (unpaired) electrons. The highest BCUT2D eigenvalue weighted by Crippen LogP contribution is 2.37. The minimum absolute atomic E-state index is 0.175. The van der Waals surface area contributed by atoms with Gasteiger partial charge in [-0.25, -0.2) is 4.39 Å². The molecule has 1 nitrogen and oxygen atoms in total. The second kappa shape index (κ2) is 6.60. The first kappa shape index (κ1) is 17.3. The fourth-order valence-corrected chi connectivity index (χ4v) is 2.76. The summed E-state index contributed by atoms with van der Waals surface area (Å²) in [5.74, 6) is 6.76. The Kier molecular flexibility index (Phi) is 4.96. The molecule has 0 aliphatic rings. The zero-order valence-electron chi connectivity index (χ0n) is 14.4. The van der Waals surface area contributed by atoms with Crippen LogP contribution in [0.1, 0.15) is 31.9 Å². The maximum Gasteiger partial charge on any atom is 0.250 e. The Morgan fingerprint density at radius 3 is 1.70 bits per heavy atom. The third-order valence-corrected chi connectivity index (χ3v) is 8.59. The Balaban J connectivity index is 2.10. The lowest BCUT2D eigenvalue weighted by Crippen LogP contribution is -2.43. The summed E-state index contributed by atoms with van der Waals surface area (Å²) in [6.07, 6.45) is 0. The van der Waals surface area contributed by atoms with E-state index in [4.69, 9.17) is 4.43 Å². The number of rotatable bonds is 2. The van der Waals surface area contributed by atoms with E-state index >= 15 is 0 Å². The number of hydrogen-bond donors (Lipinski definition) is 0. The Hall–Kier alpha value is -2.05. The molecule has 0 bridgehead atoms. The predicted octanol–water partition coefficient (Wildman–Crippen LogP) is 5.61. The molecule has 0 atom stereocenters. The molecule has 2 aromatic rings. The van der Waals surface area contributed by atoms with Crippen molar-refractivity contribution in [1.82, 2.24) is 0 Å². The average Bonchev–Trinajstić information content (AvgIpc) is 2.47. The fraction of sp³-hybridized carbons (Fsp3) is 0.300. The summed E-state index contributed by atoms with van der Waals surface area (Å²) >= 11 is 0. The van der Waals surface area contributed by atoms with Crippen molar-refractivity contribution in [2.75, 3.05) is 0 Å². The van der Waals surface area contributed by atoms with Gasteiger partial charge in [0.05, 0.1) is 0 Å². The highest BCUT2D eigenvalue weighted by Gasteiger charge is 2.38. The Labute approximate surface area is 139 Å². The Morgan fingerprint density at radius 2 is 1.26 bits per heavy atom. The Morgan fingerprint density at radius 1 is 0.826 bits per heavy atom. The molecule has 0 saturated carbocycles. The molecule has 0 saturated heterocycles. The van der Waals surface area contributed by atoms with Crippen molar-refractivity contribution in [2.24, 2.45) is 0 Å². The zero-order valence-corrected chi connectivity index (χ0v) is 15.4. The normalized spacial score (nSPS) is 11.6. The van der Waals surface area contributed by atoms with E-state index in [1.54, 1.807) is 12.1 Å². The van der Waals surface area contributed by atoms with Gasteiger partial charge >= 0.3 is 0 Å². The van der Waals surface area contributed by atoms with Crippen molar-refractivity contribution in [2.45, 2.75) is 38.9 Å². The van der Waals surface area contributed by atoms with E-state index in [2.05, 4.69) is 45.7 Å². The predicted molar refractivity (Wildman–Crippen MR) is 96.6 cm³/mol. The van der Waals surface area contributed by atoms with Crippen LogP contribution in [0, 0.1) is 17.7 Å². The molecule has 0 spiro atoms. The van der Waals surface area contributed by atoms with Gasteiger partial charge in [0.1, 0.15) is 11.6 Å². The van der Waals surface area contributed by atoms with Crippen LogP contribution in [0.2, 0.25) is 18.1 Å². The maximum absolute atomic E-state index is 12.9. The molecule has 23 heavy (non-hydrogen) atoms. The average molecular weight is 326 g/mol. The number of benzene rings is 2. The fourth-order valence-electron chi connectivity index (χ4n) is 1.73. The topological polar surface area (TPSA) is 9.23 Å².